The second-order valence-corrected chi connectivity index (χ2v) is 7.00. The molecule has 2 amide bonds. The van der Waals surface area contributed by atoms with Crippen molar-refractivity contribution in [1.82, 2.24) is 10.2 Å². The van der Waals surface area contributed by atoms with Crippen molar-refractivity contribution in [2.45, 2.75) is 52.6 Å². The molecule has 20 heavy (non-hydrogen) atoms. The molecule has 3 atom stereocenters. The molecule has 4 nitrogen and oxygen atoms in total. The molecule has 1 N–H and O–H groups in total. The highest BCUT2D eigenvalue weighted by atomic mass is 32.2. The first-order valence-electron chi connectivity index (χ1n) is 7.52. The minimum absolute atomic E-state index is 0.00871. The van der Waals surface area contributed by atoms with Gasteiger partial charge in [-0.25, -0.2) is 0 Å². The van der Waals surface area contributed by atoms with E-state index in [2.05, 4.69) is 18.5 Å². The van der Waals surface area contributed by atoms with E-state index in [1.165, 1.54) is 0 Å². The molecule has 0 saturated carbocycles. The molecule has 0 aromatic rings. The van der Waals surface area contributed by atoms with Crippen LogP contribution in [-0.4, -0.2) is 47.4 Å². The number of hydrogen-bond donors (Lipinski definition) is 1. The van der Waals surface area contributed by atoms with Gasteiger partial charge in [0.05, 0.1) is 0 Å². The second-order valence-electron chi connectivity index (χ2n) is 6.09. The fourth-order valence-electron chi connectivity index (χ4n) is 2.82. The Balaban J connectivity index is 2.89. The molecule has 1 aliphatic heterocycles. The summed E-state index contributed by atoms with van der Waals surface area (Å²) in [7, 11) is 0. The highest BCUT2D eigenvalue weighted by Crippen LogP contribution is 2.21. The molecule has 116 valence electrons. The van der Waals surface area contributed by atoms with Crippen molar-refractivity contribution < 1.29 is 9.59 Å². The van der Waals surface area contributed by atoms with Crippen molar-refractivity contribution in [3.05, 3.63) is 0 Å². The third-order valence-corrected chi connectivity index (χ3v) is 4.57. The van der Waals surface area contributed by atoms with Gasteiger partial charge in [-0.15, -0.1) is 0 Å². The van der Waals surface area contributed by atoms with E-state index >= 15 is 0 Å². The number of carbonyl (C=O) groups is 2. The third-order valence-electron chi connectivity index (χ3n) is 3.67. The highest BCUT2D eigenvalue weighted by Gasteiger charge is 2.41. The molecule has 0 spiro atoms. The lowest BCUT2D eigenvalue weighted by atomic mass is 9.94. The highest BCUT2D eigenvalue weighted by molar-refractivity contribution is 7.98. The van der Waals surface area contributed by atoms with Crippen LogP contribution < -0.4 is 5.32 Å². The van der Waals surface area contributed by atoms with Gasteiger partial charge in [0.25, 0.3) is 0 Å². The van der Waals surface area contributed by atoms with E-state index in [1.807, 2.05) is 25.7 Å². The van der Waals surface area contributed by atoms with Crippen LogP contribution in [0.15, 0.2) is 0 Å². The van der Waals surface area contributed by atoms with Crippen LogP contribution in [0.25, 0.3) is 0 Å². The predicted molar refractivity (Wildman–Crippen MR) is 84.7 cm³/mol. The average molecular weight is 300 g/mol. The summed E-state index contributed by atoms with van der Waals surface area (Å²) in [6.07, 6.45) is 3.70. The summed E-state index contributed by atoms with van der Waals surface area (Å²) in [6.45, 7) is 8.86. The maximum Gasteiger partial charge on any atom is 0.245 e. The van der Waals surface area contributed by atoms with Crippen molar-refractivity contribution >= 4 is 23.6 Å². The van der Waals surface area contributed by atoms with E-state index in [1.54, 1.807) is 11.8 Å². The largest absolute Gasteiger partial charge is 0.342 e. The maximum absolute atomic E-state index is 12.6. The quantitative estimate of drug-likeness (QED) is 0.783. The van der Waals surface area contributed by atoms with Gasteiger partial charge in [0.2, 0.25) is 11.8 Å². The van der Waals surface area contributed by atoms with Gasteiger partial charge in [0.1, 0.15) is 12.1 Å². The first-order valence-corrected chi connectivity index (χ1v) is 8.91. The van der Waals surface area contributed by atoms with Gasteiger partial charge in [0.15, 0.2) is 0 Å². The summed E-state index contributed by atoms with van der Waals surface area (Å²) in [6, 6.07) is -0.649. The standard InChI is InChI=1S/C15H28N2O2S/c1-6-7-12-15(19)17(8-11(4)9-20-5)13(10(2)3)14(18)16-12/h10-13H,6-9H2,1-5H3,(H,16,18). The van der Waals surface area contributed by atoms with E-state index in [4.69, 9.17) is 0 Å². The molecular weight excluding hydrogens is 272 g/mol. The number of rotatable bonds is 7. The van der Waals surface area contributed by atoms with Crippen LogP contribution in [0, 0.1) is 11.8 Å². The number of thioether (sulfide) groups is 1. The van der Waals surface area contributed by atoms with Gasteiger partial charge < -0.3 is 10.2 Å². The lowest BCUT2D eigenvalue weighted by molar-refractivity contribution is -0.152. The molecule has 1 saturated heterocycles. The Morgan fingerprint density at radius 3 is 2.45 bits per heavy atom. The minimum Gasteiger partial charge on any atom is -0.342 e. The Morgan fingerprint density at radius 2 is 1.95 bits per heavy atom. The Hall–Kier alpha value is -0.710. The Labute approximate surface area is 127 Å². The topological polar surface area (TPSA) is 49.4 Å². The van der Waals surface area contributed by atoms with Crippen molar-refractivity contribution in [3.63, 3.8) is 0 Å². The van der Waals surface area contributed by atoms with E-state index in [0.29, 0.717) is 12.5 Å². The second kappa shape index (κ2) is 7.91. The normalized spacial score (nSPS) is 25.0. The molecule has 1 heterocycles. The molecule has 1 fully saturated rings. The van der Waals surface area contributed by atoms with Gasteiger partial charge in [-0.05, 0) is 30.3 Å². The monoisotopic (exact) mass is 300 g/mol. The molecule has 0 aromatic carbocycles. The van der Waals surface area contributed by atoms with Gasteiger partial charge >= 0.3 is 0 Å². The molecule has 0 bridgehead atoms. The Morgan fingerprint density at radius 1 is 1.30 bits per heavy atom. The summed E-state index contributed by atoms with van der Waals surface area (Å²) in [5.74, 6) is 1.66. The number of nitrogens with one attached hydrogen (secondary N) is 1. The van der Waals surface area contributed by atoms with Crippen molar-refractivity contribution in [2.24, 2.45) is 11.8 Å². The van der Waals surface area contributed by atoms with Crippen LogP contribution in [0.5, 0.6) is 0 Å². The SMILES string of the molecule is CCCC1NC(=O)C(C(C)C)N(CC(C)CSC)C1=O. The molecule has 0 radical (unpaired) electrons. The first-order chi connectivity index (χ1) is 9.42. The number of carbonyl (C=O) groups excluding carboxylic acids is 2. The first kappa shape index (κ1) is 17.3. The summed E-state index contributed by atoms with van der Waals surface area (Å²) >= 11 is 1.78. The molecule has 0 aliphatic carbocycles. The number of nitrogens with zero attached hydrogens (tertiary/aromatic N) is 1. The zero-order valence-electron chi connectivity index (χ0n) is 13.3. The molecule has 1 aliphatic rings. The van der Waals surface area contributed by atoms with Crippen LogP contribution in [0.2, 0.25) is 0 Å². The average Bonchev–Trinajstić information content (AvgIpc) is 2.35. The van der Waals surface area contributed by atoms with Gasteiger partial charge in [-0.1, -0.05) is 34.1 Å². The van der Waals surface area contributed by atoms with Gasteiger partial charge in [0, 0.05) is 6.54 Å². The zero-order chi connectivity index (χ0) is 15.3. The lowest BCUT2D eigenvalue weighted by Gasteiger charge is -2.42. The van der Waals surface area contributed by atoms with Crippen molar-refractivity contribution in [2.75, 3.05) is 18.6 Å². The summed E-state index contributed by atoms with van der Waals surface area (Å²) in [4.78, 5) is 26.8. The van der Waals surface area contributed by atoms with Crippen LogP contribution in [0.3, 0.4) is 0 Å². The molecule has 5 heteroatoms. The fraction of sp³-hybridized carbons (Fsp3) is 0.867. The van der Waals surface area contributed by atoms with E-state index in [0.717, 1.165) is 18.6 Å². The van der Waals surface area contributed by atoms with E-state index < -0.39 is 0 Å². The third kappa shape index (κ3) is 4.14. The minimum atomic E-state index is -0.330. The van der Waals surface area contributed by atoms with Crippen LogP contribution in [-0.2, 0) is 9.59 Å². The van der Waals surface area contributed by atoms with Crippen LogP contribution in [0.1, 0.15) is 40.5 Å². The predicted octanol–water partition coefficient (Wildman–Crippen LogP) is 2.14. The summed E-state index contributed by atoms with van der Waals surface area (Å²) in [5.41, 5.74) is 0. The Kier molecular flexibility index (Phi) is 6.86. The Bertz CT molecular complexity index is 347. The molecule has 1 rings (SSSR count). The van der Waals surface area contributed by atoms with Crippen LogP contribution in [0.4, 0.5) is 0 Å². The smallest absolute Gasteiger partial charge is 0.245 e. The van der Waals surface area contributed by atoms with E-state index in [9.17, 15) is 9.59 Å². The molecular formula is C15H28N2O2S. The maximum atomic E-state index is 12.6. The summed E-state index contributed by atoms with van der Waals surface area (Å²) in [5, 5.41) is 2.90. The molecule has 0 aromatic heterocycles. The zero-order valence-corrected chi connectivity index (χ0v) is 14.1. The number of amides is 2. The summed E-state index contributed by atoms with van der Waals surface area (Å²) < 4.78 is 0. The number of hydrogen-bond acceptors (Lipinski definition) is 3. The number of piperazine rings is 1. The van der Waals surface area contributed by atoms with E-state index in [-0.39, 0.29) is 29.8 Å². The van der Waals surface area contributed by atoms with Gasteiger partial charge in [-0.2, -0.15) is 11.8 Å². The van der Waals surface area contributed by atoms with Crippen molar-refractivity contribution in [1.29, 1.82) is 0 Å². The van der Waals surface area contributed by atoms with Crippen LogP contribution >= 0.6 is 11.8 Å². The molecule has 3 unspecified atom stereocenters. The fourth-order valence-corrected chi connectivity index (χ4v) is 3.50. The van der Waals surface area contributed by atoms with Crippen molar-refractivity contribution in [3.8, 4) is 0 Å². The lowest BCUT2D eigenvalue weighted by Crippen LogP contribution is -2.65. The van der Waals surface area contributed by atoms with Gasteiger partial charge in [-0.3, -0.25) is 9.59 Å².